The van der Waals surface area contributed by atoms with Crippen LogP contribution in [0.2, 0.25) is 0 Å². The van der Waals surface area contributed by atoms with E-state index in [4.69, 9.17) is 9.47 Å². The predicted octanol–water partition coefficient (Wildman–Crippen LogP) is 2.69. The minimum absolute atomic E-state index is 0.0416. The number of ether oxygens (including phenoxy) is 2. The Kier molecular flexibility index (Phi) is 7.14. The van der Waals surface area contributed by atoms with Crippen LogP contribution in [0.25, 0.3) is 5.70 Å². The molecule has 3 heterocycles. The summed E-state index contributed by atoms with van der Waals surface area (Å²) in [5.74, 6) is -0.314. The number of hydrogen-bond donors (Lipinski definition) is 1. The third kappa shape index (κ3) is 4.71. The molecule has 0 spiro atoms. The van der Waals surface area contributed by atoms with Gasteiger partial charge in [-0.1, -0.05) is 0 Å². The molecular formula is C26H29N5O5. The van der Waals surface area contributed by atoms with Crippen LogP contribution >= 0.6 is 0 Å². The number of hydrogen-bond acceptors (Lipinski definition) is 9. The maximum atomic E-state index is 12.2. The van der Waals surface area contributed by atoms with Gasteiger partial charge >= 0.3 is 11.9 Å². The average molecular weight is 492 g/mol. The van der Waals surface area contributed by atoms with Crippen LogP contribution in [0, 0.1) is 12.8 Å². The molecule has 10 nitrogen and oxygen atoms in total. The fourth-order valence-electron chi connectivity index (χ4n) is 4.61. The van der Waals surface area contributed by atoms with Crippen molar-refractivity contribution >= 4 is 29.6 Å². The summed E-state index contributed by atoms with van der Waals surface area (Å²) < 4.78 is 9.49. The van der Waals surface area contributed by atoms with Gasteiger partial charge in [0, 0.05) is 44.5 Å². The van der Waals surface area contributed by atoms with Gasteiger partial charge in [0.2, 0.25) is 5.78 Å². The molecule has 5 rings (SSSR count). The van der Waals surface area contributed by atoms with Gasteiger partial charge in [0.15, 0.2) is 0 Å². The van der Waals surface area contributed by atoms with Gasteiger partial charge in [-0.15, -0.1) is 0 Å². The molecule has 2 aromatic rings. The highest BCUT2D eigenvalue weighted by Crippen LogP contribution is 2.38. The molecule has 1 aliphatic heterocycles. The number of Topliss-reactive ketones (excluding diaryl/α,β-unsaturated/α-hetero) is 1. The van der Waals surface area contributed by atoms with E-state index in [9.17, 15) is 14.4 Å². The summed E-state index contributed by atoms with van der Waals surface area (Å²) in [6.07, 6.45) is 9.86. The molecule has 1 N–H and O–H groups in total. The highest BCUT2D eigenvalue weighted by atomic mass is 16.5. The molecule has 188 valence electrons. The Labute approximate surface area is 209 Å². The van der Waals surface area contributed by atoms with Gasteiger partial charge < -0.3 is 19.4 Å². The third-order valence-electron chi connectivity index (χ3n) is 6.33. The molecular weight excluding hydrogens is 462 g/mol. The number of fused-ring (bicyclic) bond motifs is 3. The van der Waals surface area contributed by atoms with Crippen LogP contribution in [0.15, 0.2) is 34.7 Å². The Morgan fingerprint density at radius 3 is 2.61 bits per heavy atom. The van der Waals surface area contributed by atoms with Crippen LogP contribution in [0.3, 0.4) is 0 Å². The summed E-state index contributed by atoms with van der Waals surface area (Å²) in [6, 6.07) is 0. The summed E-state index contributed by atoms with van der Waals surface area (Å²) in [5.41, 5.74) is 6.31. The number of ketones is 1. The van der Waals surface area contributed by atoms with Gasteiger partial charge in [-0.05, 0) is 49.3 Å². The number of nitrogens with zero attached hydrogens (tertiary/aromatic N) is 4. The number of allylic oxidation sites excluding steroid dienone is 1. The second-order valence-corrected chi connectivity index (χ2v) is 8.94. The van der Waals surface area contributed by atoms with E-state index in [1.165, 1.54) is 14.2 Å². The van der Waals surface area contributed by atoms with Crippen LogP contribution in [-0.2, 0) is 27.1 Å². The number of nitrogens with one attached hydrogen (secondary N) is 1. The first-order valence-corrected chi connectivity index (χ1v) is 11.6. The number of esters is 2. The van der Waals surface area contributed by atoms with Crippen molar-refractivity contribution in [1.82, 2.24) is 19.9 Å². The van der Waals surface area contributed by atoms with Crippen molar-refractivity contribution in [3.05, 3.63) is 63.6 Å². The molecule has 0 bridgehead atoms. The SMILES string of the molecule is COC(=O)C1C=NC2=C1CCc1cnc(C)nc12.COC(=O)c1c[nH]c2c1CC/C(=C\N(C)C)C2=O. The van der Waals surface area contributed by atoms with Crippen molar-refractivity contribution in [1.29, 1.82) is 0 Å². The van der Waals surface area contributed by atoms with Gasteiger partial charge in [0.25, 0.3) is 0 Å². The largest absolute Gasteiger partial charge is 0.468 e. The molecule has 0 saturated heterocycles. The minimum Gasteiger partial charge on any atom is -0.468 e. The molecule has 0 fully saturated rings. The van der Waals surface area contributed by atoms with Crippen molar-refractivity contribution in [3.8, 4) is 0 Å². The zero-order valence-electron chi connectivity index (χ0n) is 21.0. The summed E-state index contributed by atoms with van der Waals surface area (Å²) in [6.45, 7) is 1.85. The quantitative estimate of drug-likeness (QED) is 0.513. The monoisotopic (exact) mass is 491 g/mol. The smallest absolute Gasteiger partial charge is 0.339 e. The molecule has 1 unspecified atom stereocenters. The Balaban J connectivity index is 0.000000169. The number of aromatic nitrogens is 3. The Morgan fingerprint density at radius 2 is 1.92 bits per heavy atom. The average Bonchev–Trinajstić information content (AvgIpc) is 3.50. The predicted molar refractivity (Wildman–Crippen MR) is 133 cm³/mol. The summed E-state index contributed by atoms with van der Waals surface area (Å²) in [5, 5.41) is 0. The number of aryl methyl sites for hydroxylation is 2. The molecule has 0 amide bonds. The van der Waals surface area contributed by atoms with Crippen LogP contribution in [0.5, 0.6) is 0 Å². The topological polar surface area (TPSA) is 127 Å². The Morgan fingerprint density at radius 1 is 1.14 bits per heavy atom. The number of carbonyl (C=O) groups excluding carboxylic acids is 3. The molecule has 0 aromatic carbocycles. The van der Waals surface area contributed by atoms with Gasteiger partial charge in [0.1, 0.15) is 11.7 Å². The van der Waals surface area contributed by atoms with Gasteiger partial charge in [0.05, 0.1) is 36.9 Å². The highest BCUT2D eigenvalue weighted by Gasteiger charge is 2.33. The molecule has 3 aliphatic rings. The van der Waals surface area contributed by atoms with E-state index in [1.54, 1.807) is 12.4 Å². The fourth-order valence-corrected chi connectivity index (χ4v) is 4.61. The zero-order valence-corrected chi connectivity index (χ0v) is 21.0. The Bertz CT molecular complexity index is 1320. The first kappa shape index (κ1) is 25.0. The second kappa shape index (κ2) is 10.3. The number of carbonyl (C=O) groups is 3. The van der Waals surface area contributed by atoms with E-state index >= 15 is 0 Å². The molecule has 0 radical (unpaired) electrons. The molecule has 2 aromatic heterocycles. The standard InChI is InChI=1S/C13H13N3O2.C13H16N2O3/c1-7-14-5-8-3-4-9-10(13(17)18-2)6-15-12(9)11(8)16-7;1-15(2)7-8-4-5-9-10(13(17)18-3)6-14-11(9)12(8)16/h5-6,10H,3-4H2,1-2H3;6-7,14H,4-5H2,1-3H3/b;8-7+. The number of aromatic amines is 1. The van der Waals surface area contributed by atoms with E-state index in [-0.39, 0.29) is 17.7 Å². The maximum absolute atomic E-state index is 12.2. The first-order valence-electron chi connectivity index (χ1n) is 11.6. The number of rotatable bonds is 3. The van der Waals surface area contributed by atoms with Crippen LogP contribution in [-0.4, -0.2) is 72.1 Å². The zero-order chi connectivity index (χ0) is 26.0. The van der Waals surface area contributed by atoms with Crippen LogP contribution < -0.4 is 0 Å². The van der Waals surface area contributed by atoms with E-state index < -0.39 is 5.97 Å². The lowest BCUT2D eigenvalue weighted by molar-refractivity contribution is -0.141. The second-order valence-electron chi connectivity index (χ2n) is 8.94. The lowest BCUT2D eigenvalue weighted by atomic mass is 9.88. The molecule has 10 heteroatoms. The maximum Gasteiger partial charge on any atom is 0.339 e. The van der Waals surface area contributed by atoms with Crippen molar-refractivity contribution in [2.75, 3.05) is 28.3 Å². The molecule has 36 heavy (non-hydrogen) atoms. The molecule has 2 aliphatic carbocycles. The lowest BCUT2D eigenvalue weighted by Crippen LogP contribution is -2.20. The fraction of sp³-hybridized carbons (Fsp3) is 0.385. The van der Waals surface area contributed by atoms with Gasteiger partial charge in [-0.2, -0.15) is 0 Å². The van der Waals surface area contributed by atoms with Gasteiger partial charge in [-0.25, -0.2) is 14.8 Å². The third-order valence-corrected chi connectivity index (χ3v) is 6.33. The van der Waals surface area contributed by atoms with E-state index in [0.717, 1.165) is 52.3 Å². The highest BCUT2D eigenvalue weighted by molar-refractivity contribution is 6.11. The summed E-state index contributed by atoms with van der Waals surface area (Å²) >= 11 is 0. The summed E-state index contributed by atoms with van der Waals surface area (Å²) in [4.78, 5) is 53.1. The number of H-pyrrole nitrogens is 1. The van der Waals surface area contributed by atoms with Crippen molar-refractivity contribution in [2.45, 2.75) is 32.6 Å². The van der Waals surface area contributed by atoms with Crippen LogP contribution in [0.4, 0.5) is 0 Å². The van der Waals surface area contributed by atoms with Crippen molar-refractivity contribution in [2.24, 2.45) is 10.9 Å². The number of methoxy groups -OCH3 is 2. The van der Waals surface area contributed by atoms with E-state index in [2.05, 4.69) is 19.9 Å². The Hall–Kier alpha value is -4.08. The lowest BCUT2D eigenvalue weighted by Gasteiger charge is -2.18. The van der Waals surface area contributed by atoms with E-state index in [1.807, 2.05) is 38.3 Å². The van der Waals surface area contributed by atoms with E-state index in [0.29, 0.717) is 24.1 Å². The van der Waals surface area contributed by atoms with Crippen molar-refractivity contribution < 1.29 is 23.9 Å². The van der Waals surface area contributed by atoms with Crippen LogP contribution in [0.1, 0.15) is 56.3 Å². The molecule has 0 saturated carbocycles. The minimum atomic E-state index is -0.402. The number of aliphatic imine (C=N–C) groups is 1. The van der Waals surface area contributed by atoms with Crippen molar-refractivity contribution in [3.63, 3.8) is 0 Å². The van der Waals surface area contributed by atoms with Gasteiger partial charge in [-0.3, -0.25) is 14.6 Å². The first-order chi connectivity index (χ1) is 17.2. The summed E-state index contributed by atoms with van der Waals surface area (Å²) in [7, 11) is 6.50. The normalized spacial score (nSPS) is 18.6. The molecule has 1 atom stereocenters.